The van der Waals surface area contributed by atoms with Gasteiger partial charge in [0, 0.05) is 25.1 Å². The predicted molar refractivity (Wildman–Crippen MR) is 80.9 cm³/mol. The SMILES string of the molecule is Cc1noc(C)c1CCC(=O)N1CCC2CCCCC2C1. The molecule has 0 radical (unpaired) electrons. The van der Waals surface area contributed by atoms with Gasteiger partial charge in [0.25, 0.3) is 0 Å². The third-order valence-corrected chi connectivity index (χ3v) is 5.41. The van der Waals surface area contributed by atoms with Gasteiger partial charge in [-0.25, -0.2) is 0 Å². The van der Waals surface area contributed by atoms with Crippen molar-refractivity contribution in [1.29, 1.82) is 0 Å². The van der Waals surface area contributed by atoms with Gasteiger partial charge < -0.3 is 9.42 Å². The lowest BCUT2D eigenvalue weighted by atomic mass is 9.75. The molecule has 1 aromatic rings. The lowest BCUT2D eigenvalue weighted by Gasteiger charge is -2.41. The minimum absolute atomic E-state index is 0.305. The van der Waals surface area contributed by atoms with Crippen LogP contribution in [0.15, 0.2) is 4.52 Å². The number of fused-ring (bicyclic) bond motifs is 1. The summed E-state index contributed by atoms with van der Waals surface area (Å²) in [4.78, 5) is 14.6. The van der Waals surface area contributed by atoms with Gasteiger partial charge in [0.1, 0.15) is 5.76 Å². The molecule has 0 aromatic carbocycles. The topological polar surface area (TPSA) is 46.3 Å². The molecule has 1 aromatic heterocycles. The van der Waals surface area contributed by atoms with Crippen LogP contribution in [0.1, 0.15) is 55.5 Å². The maximum absolute atomic E-state index is 12.5. The van der Waals surface area contributed by atoms with Crippen molar-refractivity contribution in [3.8, 4) is 0 Å². The maximum atomic E-state index is 12.5. The molecule has 0 spiro atoms. The van der Waals surface area contributed by atoms with Crippen LogP contribution in [0.5, 0.6) is 0 Å². The van der Waals surface area contributed by atoms with Gasteiger partial charge >= 0.3 is 0 Å². The number of hydrogen-bond donors (Lipinski definition) is 0. The second kappa shape index (κ2) is 6.20. The molecule has 2 heterocycles. The lowest BCUT2D eigenvalue weighted by molar-refractivity contribution is -0.134. The minimum atomic E-state index is 0.305. The number of rotatable bonds is 3. The van der Waals surface area contributed by atoms with Gasteiger partial charge in [0.15, 0.2) is 0 Å². The monoisotopic (exact) mass is 290 g/mol. The largest absolute Gasteiger partial charge is 0.361 e. The highest BCUT2D eigenvalue weighted by Crippen LogP contribution is 2.36. The number of carbonyl (C=O) groups excluding carboxylic acids is 1. The number of aromatic nitrogens is 1. The summed E-state index contributed by atoms with van der Waals surface area (Å²) in [6, 6.07) is 0. The highest BCUT2D eigenvalue weighted by atomic mass is 16.5. The molecule has 116 valence electrons. The van der Waals surface area contributed by atoms with E-state index in [1.807, 2.05) is 13.8 Å². The van der Waals surface area contributed by atoms with Crippen molar-refractivity contribution in [2.45, 2.75) is 58.8 Å². The Morgan fingerprint density at radius 3 is 2.71 bits per heavy atom. The molecule has 2 fully saturated rings. The predicted octanol–water partition coefficient (Wildman–Crippen LogP) is 3.26. The van der Waals surface area contributed by atoms with Crippen molar-refractivity contribution in [3.05, 3.63) is 17.0 Å². The average Bonchev–Trinajstić information content (AvgIpc) is 2.83. The van der Waals surface area contributed by atoms with E-state index in [0.717, 1.165) is 48.4 Å². The fourth-order valence-electron chi connectivity index (χ4n) is 4.08. The molecule has 2 atom stereocenters. The molecule has 1 amide bonds. The number of amides is 1. The summed E-state index contributed by atoms with van der Waals surface area (Å²) in [5.74, 6) is 2.80. The fraction of sp³-hybridized carbons (Fsp3) is 0.765. The van der Waals surface area contributed by atoms with Gasteiger partial charge in [-0.05, 0) is 44.9 Å². The Bertz CT molecular complexity index is 489. The van der Waals surface area contributed by atoms with Gasteiger partial charge in [-0.15, -0.1) is 0 Å². The highest BCUT2D eigenvalue weighted by Gasteiger charge is 2.32. The quantitative estimate of drug-likeness (QED) is 0.858. The van der Waals surface area contributed by atoms with Crippen LogP contribution in [-0.2, 0) is 11.2 Å². The molecule has 1 saturated heterocycles. The van der Waals surface area contributed by atoms with E-state index in [4.69, 9.17) is 4.52 Å². The van der Waals surface area contributed by atoms with Crippen molar-refractivity contribution in [2.75, 3.05) is 13.1 Å². The Morgan fingerprint density at radius 1 is 1.24 bits per heavy atom. The van der Waals surface area contributed by atoms with Crippen molar-refractivity contribution < 1.29 is 9.32 Å². The second-order valence-corrected chi connectivity index (χ2v) is 6.74. The maximum Gasteiger partial charge on any atom is 0.222 e. The van der Waals surface area contributed by atoms with Crippen LogP contribution in [-0.4, -0.2) is 29.1 Å². The number of piperidine rings is 1. The van der Waals surface area contributed by atoms with Gasteiger partial charge in [-0.3, -0.25) is 4.79 Å². The summed E-state index contributed by atoms with van der Waals surface area (Å²) in [5.41, 5.74) is 2.03. The van der Waals surface area contributed by atoms with Crippen molar-refractivity contribution in [1.82, 2.24) is 10.1 Å². The average molecular weight is 290 g/mol. The first-order valence-corrected chi connectivity index (χ1v) is 8.34. The van der Waals surface area contributed by atoms with Crippen LogP contribution < -0.4 is 0 Å². The summed E-state index contributed by atoms with van der Waals surface area (Å²) in [6.07, 6.45) is 7.99. The Kier molecular flexibility index (Phi) is 4.32. The van der Waals surface area contributed by atoms with Gasteiger partial charge in [0.05, 0.1) is 5.69 Å². The zero-order valence-electron chi connectivity index (χ0n) is 13.2. The van der Waals surface area contributed by atoms with Gasteiger partial charge in [0.2, 0.25) is 5.91 Å². The molecule has 1 aliphatic carbocycles. The van der Waals surface area contributed by atoms with Crippen LogP contribution in [0.2, 0.25) is 0 Å². The van der Waals surface area contributed by atoms with Gasteiger partial charge in [-0.2, -0.15) is 0 Å². The standard InChI is InChI=1S/C17H26N2O2/c1-12-16(13(2)21-18-12)7-8-17(20)19-10-9-14-5-3-4-6-15(14)11-19/h14-15H,3-11H2,1-2H3. The van der Waals surface area contributed by atoms with E-state index in [2.05, 4.69) is 10.1 Å². The van der Waals surface area contributed by atoms with Crippen LogP contribution in [0, 0.1) is 25.7 Å². The zero-order valence-corrected chi connectivity index (χ0v) is 13.2. The van der Waals surface area contributed by atoms with Crippen molar-refractivity contribution >= 4 is 5.91 Å². The van der Waals surface area contributed by atoms with E-state index >= 15 is 0 Å². The number of hydrogen-bond acceptors (Lipinski definition) is 3. The van der Waals surface area contributed by atoms with E-state index in [1.165, 1.54) is 32.1 Å². The number of likely N-dealkylation sites (tertiary alicyclic amines) is 1. The first-order valence-electron chi connectivity index (χ1n) is 8.34. The Labute approximate surface area is 126 Å². The number of nitrogens with zero attached hydrogens (tertiary/aromatic N) is 2. The first-order chi connectivity index (χ1) is 10.1. The molecule has 21 heavy (non-hydrogen) atoms. The van der Waals surface area contributed by atoms with E-state index < -0.39 is 0 Å². The lowest BCUT2D eigenvalue weighted by Crippen LogP contribution is -2.44. The van der Waals surface area contributed by atoms with E-state index in [1.54, 1.807) is 0 Å². The Balaban J connectivity index is 1.54. The van der Waals surface area contributed by atoms with E-state index in [9.17, 15) is 4.79 Å². The fourth-order valence-corrected chi connectivity index (χ4v) is 4.08. The molecule has 4 nitrogen and oxygen atoms in total. The summed E-state index contributed by atoms with van der Waals surface area (Å²) in [7, 11) is 0. The molecular formula is C17H26N2O2. The Morgan fingerprint density at radius 2 is 2.00 bits per heavy atom. The molecule has 3 rings (SSSR count). The summed E-state index contributed by atoms with van der Waals surface area (Å²) >= 11 is 0. The second-order valence-electron chi connectivity index (χ2n) is 6.74. The third kappa shape index (κ3) is 3.14. The van der Waals surface area contributed by atoms with E-state index in [-0.39, 0.29) is 0 Å². The summed E-state index contributed by atoms with van der Waals surface area (Å²) in [5, 5.41) is 3.96. The first kappa shape index (κ1) is 14.6. The Hall–Kier alpha value is -1.32. The molecule has 1 saturated carbocycles. The summed E-state index contributed by atoms with van der Waals surface area (Å²) < 4.78 is 5.17. The normalized spacial score (nSPS) is 25.7. The van der Waals surface area contributed by atoms with Crippen LogP contribution >= 0.6 is 0 Å². The van der Waals surface area contributed by atoms with Crippen molar-refractivity contribution in [2.24, 2.45) is 11.8 Å². The highest BCUT2D eigenvalue weighted by molar-refractivity contribution is 5.76. The molecule has 0 bridgehead atoms. The van der Waals surface area contributed by atoms with Crippen LogP contribution in [0.4, 0.5) is 0 Å². The van der Waals surface area contributed by atoms with Crippen molar-refractivity contribution in [3.63, 3.8) is 0 Å². The molecular weight excluding hydrogens is 264 g/mol. The number of aryl methyl sites for hydroxylation is 2. The molecule has 0 N–H and O–H groups in total. The van der Waals surface area contributed by atoms with Crippen LogP contribution in [0.25, 0.3) is 0 Å². The smallest absolute Gasteiger partial charge is 0.222 e. The zero-order chi connectivity index (χ0) is 14.8. The van der Waals surface area contributed by atoms with E-state index in [0.29, 0.717) is 12.3 Å². The third-order valence-electron chi connectivity index (χ3n) is 5.41. The molecule has 2 unspecified atom stereocenters. The number of carbonyl (C=O) groups is 1. The molecule has 4 heteroatoms. The molecule has 1 aliphatic heterocycles. The van der Waals surface area contributed by atoms with Crippen LogP contribution in [0.3, 0.4) is 0 Å². The minimum Gasteiger partial charge on any atom is -0.361 e. The summed E-state index contributed by atoms with van der Waals surface area (Å²) in [6.45, 7) is 5.82. The molecule has 2 aliphatic rings. The van der Waals surface area contributed by atoms with Gasteiger partial charge in [-0.1, -0.05) is 24.4 Å².